The first-order valence-corrected chi connectivity index (χ1v) is 5.10. The van der Waals surface area contributed by atoms with Gasteiger partial charge in [-0.25, -0.2) is 0 Å². The van der Waals surface area contributed by atoms with Crippen LogP contribution < -0.4 is 0 Å². The fourth-order valence-electron chi connectivity index (χ4n) is 1.62. The van der Waals surface area contributed by atoms with E-state index in [4.69, 9.17) is 4.74 Å². The zero-order chi connectivity index (χ0) is 10.7. The molecular formula is C11H24O2. The van der Waals surface area contributed by atoms with Crippen LogP contribution in [0.5, 0.6) is 0 Å². The summed E-state index contributed by atoms with van der Waals surface area (Å²) in [7, 11) is 0. The van der Waals surface area contributed by atoms with E-state index in [-0.39, 0.29) is 5.41 Å². The highest BCUT2D eigenvalue weighted by atomic mass is 16.5. The van der Waals surface area contributed by atoms with Gasteiger partial charge in [0.05, 0.1) is 11.7 Å². The van der Waals surface area contributed by atoms with Crippen molar-refractivity contribution in [2.75, 3.05) is 6.61 Å². The highest BCUT2D eigenvalue weighted by Gasteiger charge is 2.39. The SMILES string of the molecule is CCOC(C)(CC)C(O)C(C)(C)C. The van der Waals surface area contributed by atoms with Crippen LogP contribution in [0.15, 0.2) is 0 Å². The van der Waals surface area contributed by atoms with Crippen LogP contribution in [0.1, 0.15) is 48.0 Å². The summed E-state index contributed by atoms with van der Waals surface area (Å²) >= 11 is 0. The lowest BCUT2D eigenvalue weighted by Crippen LogP contribution is -2.48. The average Bonchev–Trinajstić information content (AvgIpc) is 2.02. The molecule has 0 aromatic rings. The second kappa shape index (κ2) is 4.43. The Kier molecular flexibility index (Phi) is 4.40. The summed E-state index contributed by atoms with van der Waals surface area (Å²) in [5.41, 5.74) is -0.535. The lowest BCUT2D eigenvalue weighted by Gasteiger charge is -2.40. The van der Waals surface area contributed by atoms with Crippen LogP contribution in [0, 0.1) is 5.41 Å². The molecule has 0 bridgehead atoms. The zero-order valence-corrected chi connectivity index (χ0v) is 9.85. The monoisotopic (exact) mass is 188 g/mol. The molecule has 80 valence electrons. The van der Waals surface area contributed by atoms with E-state index in [1.54, 1.807) is 0 Å². The van der Waals surface area contributed by atoms with E-state index < -0.39 is 11.7 Å². The van der Waals surface area contributed by atoms with Crippen molar-refractivity contribution in [1.82, 2.24) is 0 Å². The Morgan fingerprint density at radius 1 is 1.15 bits per heavy atom. The Balaban J connectivity index is 4.56. The first kappa shape index (κ1) is 12.9. The van der Waals surface area contributed by atoms with E-state index in [0.717, 1.165) is 6.42 Å². The van der Waals surface area contributed by atoms with Crippen molar-refractivity contribution < 1.29 is 9.84 Å². The molecule has 1 N–H and O–H groups in total. The number of ether oxygens (including phenoxy) is 1. The molecule has 0 amide bonds. The summed E-state index contributed by atoms with van der Waals surface area (Å²) in [5.74, 6) is 0. The van der Waals surface area contributed by atoms with Gasteiger partial charge >= 0.3 is 0 Å². The fourth-order valence-corrected chi connectivity index (χ4v) is 1.62. The van der Waals surface area contributed by atoms with Gasteiger partial charge in [0.1, 0.15) is 0 Å². The minimum Gasteiger partial charge on any atom is -0.390 e. The van der Waals surface area contributed by atoms with Gasteiger partial charge in [-0.2, -0.15) is 0 Å². The molecule has 0 rings (SSSR count). The number of hydrogen-bond donors (Lipinski definition) is 1. The zero-order valence-electron chi connectivity index (χ0n) is 9.85. The van der Waals surface area contributed by atoms with Crippen molar-refractivity contribution in [2.45, 2.75) is 59.7 Å². The third-order valence-corrected chi connectivity index (χ3v) is 2.57. The van der Waals surface area contributed by atoms with Gasteiger partial charge in [-0.3, -0.25) is 0 Å². The van der Waals surface area contributed by atoms with Crippen LogP contribution in [0.2, 0.25) is 0 Å². The highest BCUT2D eigenvalue weighted by molar-refractivity contribution is 4.90. The van der Waals surface area contributed by atoms with Crippen molar-refractivity contribution in [1.29, 1.82) is 0 Å². The van der Waals surface area contributed by atoms with Crippen LogP contribution in [-0.4, -0.2) is 23.4 Å². The summed E-state index contributed by atoms with van der Waals surface area (Å²) in [6.07, 6.45) is 0.407. The predicted octanol–water partition coefficient (Wildman–Crippen LogP) is 2.60. The van der Waals surface area contributed by atoms with Crippen molar-refractivity contribution in [2.24, 2.45) is 5.41 Å². The Labute approximate surface area is 82.3 Å². The van der Waals surface area contributed by atoms with Crippen molar-refractivity contribution >= 4 is 0 Å². The molecule has 2 heteroatoms. The molecule has 0 aliphatic rings. The van der Waals surface area contributed by atoms with Crippen molar-refractivity contribution in [3.8, 4) is 0 Å². The normalized spacial score (nSPS) is 19.6. The Morgan fingerprint density at radius 3 is 1.85 bits per heavy atom. The van der Waals surface area contributed by atoms with Gasteiger partial charge in [0.25, 0.3) is 0 Å². The molecule has 0 saturated carbocycles. The maximum absolute atomic E-state index is 10.1. The topological polar surface area (TPSA) is 29.5 Å². The number of aliphatic hydroxyl groups is 1. The molecule has 0 aliphatic carbocycles. The van der Waals surface area contributed by atoms with Crippen LogP contribution in [-0.2, 0) is 4.74 Å². The molecule has 0 aromatic heterocycles. The van der Waals surface area contributed by atoms with Gasteiger partial charge in [0.2, 0.25) is 0 Å². The lowest BCUT2D eigenvalue weighted by molar-refractivity contribution is -0.146. The summed E-state index contributed by atoms with van der Waals surface area (Å²) in [6.45, 7) is 12.7. The molecule has 0 saturated heterocycles. The van der Waals surface area contributed by atoms with Crippen LogP contribution >= 0.6 is 0 Å². The molecule has 0 fully saturated rings. The average molecular weight is 188 g/mol. The summed E-state index contributed by atoms with van der Waals surface area (Å²) < 4.78 is 5.62. The predicted molar refractivity (Wildman–Crippen MR) is 55.8 cm³/mol. The molecule has 2 atom stereocenters. The van der Waals surface area contributed by atoms with Gasteiger partial charge in [-0.05, 0) is 25.7 Å². The largest absolute Gasteiger partial charge is 0.390 e. The maximum atomic E-state index is 10.1. The molecule has 2 unspecified atom stereocenters. The van der Waals surface area contributed by atoms with E-state index in [0.29, 0.717) is 6.61 Å². The summed E-state index contributed by atoms with van der Waals surface area (Å²) in [6, 6.07) is 0. The van der Waals surface area contributed by atoms with E-state index >= 15 is 0 Å². The minimum absolute atomic E-state index is 0.125. The fraction of sp³-hybridized carbons (Fsp3) is 1.00. The van der Waals surface area contributed by atoms with Crippen LogP contribution in [0.3, 0.4) is 0 Å². The first-order chi connectivity index (χ1) is 5.78. The molecule has 0 heterocycles. The highest BCUT2D eigenvalue weighted by Crippen LogP contribution is 2.32. The van der Waals surface area contributed by atoms with E-state index in [1.807, 2.05) is 41.5 Å². The summed E-state index contributed by atoms with van der Waals surface area (Å²) in [5, 5.41) is 10.1. The van der Waals surface area contributed by atoms with Gasteiger partial charge in [-0.15, -0.1) is 0 Å². The number of aliphatic hydroxyl groups excluding tert-OH is 1. The van der Waals surface area contributed by atoms with Gasteiger partial charge in [-0.1, -0.05) is 27.7 Å². The minimum atomic E-state index is -0.426. The molecule has 0 aromatic carbocycles. The summed E-state index contributed by atoms with van der Waals surface area (Å²) in [4.78, 5) is 0. The van der Waals surface area contributed by atoms with Gasteiger partial charge in [0.15, 0.2) is 0 Å². The molecule has 13 heavy (non-hydrogen) atoms. The van der Waals surface area contributed by atoms with E-state index in [1.165, 1.54) is 0 Å². The molecule has 0 radical (unpaired) electrons. The third kappa shape index (κ3) is 3.28. The standard InChI is InChI=1S/C11H24O2/c1-7-11(6,13-8-2)9(12)10(3,4)5/h9,12H,7-8H2,1-6H3. The second-order valence-electron chi connectivity index (χ2n) is 4.87. The van der Waals surface area contributed by atoms with Crippen LogP contribution in [0.25, 0.3) is 0 Å². The second-order valence-corrected chi connectivity index (χ2v) is 4.87. The number of hydrogen-bond acceptors (Lipinski definition) is 2. The van der Waals surface area contributed by atoms with Gasteiger partial charge in [0, 0.05) is 6.61 Å². The number of rotatable bonds is 4. The third-order valence-electron chi connectivity index (χ3n) is 2.57. The Morgan fingerprint density at radius 2 is 1.62 bits per heavy atom. The quantitative estimate of drug-likeness (QED) is 0.735. The maximum Gasteiger partial charge on any atom is 0.0914 e. The van der Waals surface area contributed by atoms with E-state index in [9.17, 15) is 5.11 Å². The Hall–Kier alpha value is -0.0800. The van der Waals surface area contributed by atoms with Crippen molar-refractivity contribution in [3.63, 3.8) is 0 Å². The Bertz CT molecular complexity index is 149. The smallest absolute Gasteiger partial charge is 0.0914 e. The van der Waals surface area contributed by atoms with E-state index in [2.05, 4.69) is 0 Å². The first-order valence-electron chi connectivity index (χ1n) is 5.10. The van der Waals surface area contributed by atoms with Crippen molar-refractivity contribution in [3.05, 3.63) is 0 Å². The molecule has 0 spiro atoms. The molecule has 0 aliphatic heterocycles. The van der Waals surface area contributed by atoms with Gasteiger partial charge < -0.3 is 9.84 Å². The molecular weight excluding hydrogens is 164 g/mol. The van der Waals surface area contributed by atoms with Crippen LogP contribution in [0.4, 0.5) is 0 Å². The molecule has 2 nitrogen and oxygen atoms in total. The lowest BCUT2D eigenvalue weighted by atomic mass is 9.78.